The van der Waals surface area contributed by atoms with E-state index in [9.17, 15) is 8.78 Å². The Morgan fingerprint density at radius 2 is 2.23 bits per heavy atom. The molecule has 0 radical (unpaired) electrons. The van der Waals surface area contributed by atoms with E-state index < -0.39 is 5.92 Å². The van der Waals surface area contributed by atoms with Gasteiger partial charge in [0.05, 0.1) is 25.1 Å². The minimum Gasteiger partial charge on any atom is -0.337 e. The molecule has 0 saturated carbocycles. The third kappa shape index (κ3) is 1.70. The molecular formula is C8H11F2N3. The zero-order chi connectivity index (χ0) is 9.47. The zero-order valence-electron chi connectivity index (χ0n) is 7.37. The molecule has 0 unspecified atom stereocenters. The van der Waals surface area contributed by atoms with Crippen LogP contribution in [0.25, 0.3) is 0 Å². The van der Waals surface area contributed by atoms with Gasteiger partial charge < -0.3 is 4.57 Å². The molecule has 13 heavy (non-hydrogen) atoms. The van der Waals surface area contributed by atoms with Gasteiger partial charge in [0.25, 0.3) is 5.92 Å². The fourth-order valence-corrected chi connectivity index (χ4v) is 1.49. The summed E-state index contributed by atoms with van der Waals surface area (Å²) in [7, 11) is 1.86. The Morgan fingerprint density at radius 1 is 1.54 bits per heavy atom. The molecule has 2 rings (SSSR count). The second-order valence-corrected chi connectivity index (χ2v) is 3.50. The highest BCUT2D eigenvalue weighted by Gasteiger charge is 2.43. The van der Waals surface area contributed by atoms with Gasteiger partial charge in [-0.25, -0.2) is 13.8 Å². The van der Waals surface area contributed by atoms with Crippen LogP contribution in [0.5, 0.6) is 0 Å². The predicted octanol–water partition coefficient (Wildman–Crippen LogP) is 0.871. The number of hydrogen-bond acceptors (Lipinski definition) is 2. The van der Waals surface area contributed by atoms with E-state index in [0.717, 1.165) is 5.69 Å². The lowest BCUT2D eigenvalue weighted by Gasteiger charge is -2.38. The molecule has 3 nitrogen and oxygen atoms in total. The highest BCUT2D eigenvalue weighted by Crippen LogP contribution is 2.27. The predicted molar refractivity (Wildman–Crippen MR) is 43.4 cm³/mol. The standard InChI is InChI=1S/C8H11F2N3/c1-12-6-11-2-7(12)3-13-4-8(9,10)5-13/h2,6H,3-5H2,1H3. The molecule has 0 aromatic carbocycles. The number of rotatable bonds is 2. The average Bonchev–Trinajstić information content (AvgIpc) is 2.33. The molecule has 1 aliphatic rings. The molecule has 1 aromatic rings. The molecule has 0 amide bonds. The highest BCUT2D eigenvalue weighted by atomic mass is 19.3. The number of halogens is 2. The molecule has 1 aromatic heterocycles. The lowest BCUT2D eigenvalue weighted by Crippen LogP contribution is -2.55. The van der Waals surface area contributed by atoms with Crippen molar-refractivity contribution >= 4 is 0 Å². The molecule has 5 heteroatoms. The summed E-state index contributed by atoms with van der Waals surface area (Å²) in [4.78, 5) is 5.62. The zero-order valence-corrected chi connectivity index (χ0v) is 7.37. The van der Waals surface area contributed by atoms with Gasteiger partial charge in [-0.05, 0) is 0 Å². The van der Waals surface area contributed by atoms with Crippen molar-refractivity contribution < 1.29 is 8.78 Å². The largest absolute Gasteiger partial charge is 0.337 e. The van der Waals surface area contributed by atoms with Crippen LogP contribution in [0.2, 0.25) is 0 Å². The van der Waals surface area contributed by atoms with E-state index in [0.29, 0.717) is 6.54 Å². The van der Waals surface area contributed by atoms with Crippen LogP contribution in [0, 0.1) is 0 Å². The molecule has 0 aliphatic carbocycles. The summed E-state index contributed by atoms with van der Waals surface area (Å²) < 4.78 is 26.8. The highest BCUT2D eigenvalue weighted by molar-refractivity contribution is 5.00. The van der Waals surface area contributed by atoms with E-state index in [1.807, 2.05) is 11.6 Å². The van der Waals surface area contributed by atoms with Gasteiger partial charge in [-0.3, -0.25) is 4.90 Å². The number of nitrogens with zero attached hydrogens (tertiary/aromatic N) is 3. The summed E-state index contributed by atoms with van der Waals surface area (Å²) in [6, 6.07) is 0. The van der Waals surface area contributed by atoms with Gasteiger partial charge in [0.1, 0.15) is 0 Å². The number of alkyl halides is 2. The van der Waals surface area contributed by atoms with E-state index in [1.165, 1.54) is 0 Å². The number of aromatic nitrogens is 2. The van der Waals surface area contributed by atoms with Crippen LogP contribution in [-0.4, -0.2) is 33.5 Å². The monoisotopic (exact) mass is 187 g/mol. The lowest BCUT2D eigenvalue weighted by atomic mass is 10.1. The van der Waals surface area contributed by atoms with Crippen molar-refractivity contribution in [1.29, 1.82) is 0 Å². The molecule has 2 heterocycles. The first-order chi connectivity index (χ1) is 6.07. The Labute approximate surface area is 75.0 Å². The van der Waals surface area contributed by atoms with Gasteiger partial charge in [0.15, 0.2) is 0 Å². The Hall–Kier alpha value is -0.970. The lowest BCUT2D eigenvalue weighted by molar-refractivity contribution is -0.134. The van der Waals surface area contributed by atoms with Crippen LogP contribution in [0.1, 0.15) is 5.69 Å². The van der Waals surface area contributed by atoms with Gasteiger partial charge in [-0.2, -0.15) is 0 Å². The van der Waals surface area contributed by atoms with Crippen molar-refractivity contribution in [1.82, 2.24) is 14.5 Å². The molecule has 72 valence electrons. The summed E-state index contributed by atoms with van der Waals surface area (Å²) in [5, 5.41) is 0. The first kappa shape index (κ1) is 8.62. The smallest absolute Gasteiger partial charge is 0.272 e. The normalized spacial score (nSPS) is 21.5. The van der Waals surface area contributed by atoms with Crippen molar-refractivity contribution in [3.63, 3.8) is 0 Å². The molecular weight excluding hydrogens is 176 g/mol. The van der Waals surface area contributed by atoms with Crippen molar-refractivity contribution in [3.05, 3.63) is 18.2 Å². The molecule has 0 bridgehead atoms. The maximum absolute atomic E-state index is 12.5. The topological polar surface area (TPSA) is 21.1 Å². The fraction of sp³-hybridized carbons (Fsp3) is 0.625. The molecule has 1 aliphatic heterocycles. The van der Waals surface area contributed by atoms with E-state index in [4.69, 9.17) is 0 Å². The second-order valence-electron chi connectivity index (χ2n) is 3.50. The van der Waals surface area contributed by atoms with E-state index >= 15 is 0 Å². The Balaban J connectivity index is 1.91. The third-order valence-corrected chi connectivity index (χ3v) is 2.21. The van der Waals surface area contributed by atoms with E-state index in [-0.39, 0.29) is 13.1 Å². The van der Waals surface area contributed by atoms with Crippen LogP contribution in [0.15, 0.2) is 12.5 Å². The Bertz CT molecular complexity index is 300. The van der Waals surface area contributed by atoms with Crippen molar-refractivity contribution in [2.75, 3.05) is 13.1 Å². The minimum absolute atomic E-state index is 0.127. The van der Waals surface area contributed by atoms with E-state index in [1.54, 1.807) is 17.4 Å². The Morgan fingerprint density at radius 3 is 2.69 bits per heavy atom. The van der Waals surface area contributed by atoms with Crippen LogP contribution < -0.4 is 0 Å². The quantitative estimate of drug-likeness (QED) is 0.685. The maximum Gasteiger partial charge on any atom is 0.272 e. The molecule has 1 saturated heterocycles. The molecule has 0 atom stereocenters. The van der Waals surface area contributed by atoms with Crippen molar-refractivity contribution in [2.45, 2.75) is 12.5 Å². The van der Waals surface area contributed by atoms with Gasteiger partial charge in [-0.15, -0.1) is 0 Å². The van der Waals surface area contributed by atoms with Gasteiger partial charge >= 0.3 is 0 Å². The van der Waals surface area contributed by atoms with E-state index in [2.05, 4.69) is 4.98 Å². The van der Waals surface area contributed by atoms with Crippen LogP contribution >= 0.6 is 0 Å². The van der Waals surface area contributed by atoms with Crippen molar-refractivity contribution in [2.24, 2.45) is 7.05 Å². The maximum atomic E-state index is 12.5. The first-order valence-corrected chi connectivity index (χ1v) is 4.12. The van der Waals surface area contributed by atoms with Crippen LogP contribution in [0.4, 0.5) is 8.78 Å². The van der Waals surface area contributed by atoms with Crippen LogP contribution in [-0.2, 0) is 13.6 Å². The summed E-state index contributed by atoms with van der Waals surface area (Å²) >= 11 is 0. The number of hydrogen-bond donors (Lipinski definition) is 0. The fourth-order valence-electron chi connectivity index (χ4n) is 1.49. The SMILES string of the molecule is Cn1cncc1CN1CC(F)(F)C1. The number of imidazole rings is 1. The molecule has 0 N–H and O–H groups in total. The summed E-state index contributed by atoms with van der Waals surface area (Å²) in [6.45, 7) is 0.308. The van der Waals surface area contributed by atoms with Gasteiger partial charge in [-0.1, -0.05) is 0 Å². The number of likely N-dealkylation sites (tertiary alicyclic amines) is 1. The summed E-state index contributed by atoms with van der Waals surface area (Å²) in [6.07, 6.45) is 3.38. The summed E-state index contributed by atoms with van der Waals surface area (Å²) in [5.74, 6) is -2.47. The van der Waals surface area contributed by atoms with Gasteiger partial charge in [0, 0.05) is 19.8 Å². The Kier molecular flexibility index (Phi) is 1.83. The van der Waals surface area contributed by atoms with Crippen LogP contribution in [0.3, 0.4) is 0 Å². The second kappa shape index (κ2) is 2.77. The molecule has 1 fully saturated rings. The first-order valence-electron chi connectivity index (χ1n) is 4.12. The van der Waals surface area contributed by atoms with Gasteiger partial charge in [0.2, 0.25) is 0 Å². The molecule has 0 spiro atoms. The minimum atomic E-state index is -2.47. The summed E-state index contributed by atoms with van der Waals surface area (Å²) in [5.41, 5.74) is 0.968. The number of aryl methyl sites for hydroxylation is 1. The third-order valence-electron chi connectivity index (χ3n) is 2.21. The average molecular weight is 187 g/mol. The van der Waals surface area contributed by atoms with Crippen molar-refractivity contribution in [3.8, 4) is 0 Å².